The van der Waals surface area contributed by atoms with Crippen molar-refractivity contribution in [2.45, 2.75) is 17.9 Å². The summed E-state index contributed by atoms with van der Waals surface area (Å²) in [5.74, 6) is 0.187. The van der Waals surface area contributed by atoms with Crippen molar-refractivity contribution < 1.29 is 33.1 Å². The molecule has 0 unspecified atom stereocenters. The largest absolute Gasteiger partial charge is 0.454 e. The molecular weight excluding hydrogens is 416 g/mol. The van der Waals surface area contributed by atoms with Crippen molar-refractivity contribution in [2.24, 2.45) is 10.9 Å². The molecule has 160 valence electrons. The van der Waals surface area contributed by atoms with E-state index in [1.165, 1.54) is 29.7 Å². The maximum atomic E-state index is 13.2. The van der Waals surface area contributed by atoms with Gasteiger partial charge in [0, 0.05) is 25.1 Å². The minimum atomic E-state index is -4.01. The van der Waals surface area contributed by atoms with Gasteiger partial charge in [-0.2, -0.15) is 4.31 Å². The summed E-state index contributed by atoms with van der Waals surface area (Å²) in [7, 11) is -4.01. The predicted octanol–water partition coefficient (Wildman–Crippen LogP) is 0.596. The molecule has 0 saturated carbocycles. The fraction of sp³-hybridized carbons (Fsp3) is 0.222. The number of nitrogens with one attached hydrogen (secondary N) is 1. The number of carbonyl (C=O) groups excluding carboxylic acids is 1. The van der Waals surface area contributed by atoms with E-state index in [2.05, 4.69) is 5.16 Å². The van der Waals surface area contributed by atoms with Crippen LogP contribution >= 0.6 is 0 Å². The van der Waals surface area contributed by atoms with Gasteiger partial charge >= 0.3 is 0 Å². The highest BCUT2D eigenvalue weighted by molar-refractivity contribution is 7.89. The molecule has 30 heavy (non-hydrogen) atoms. The lowest BCUT2D eigenvalue weighted by molar-refractivity contribution is -0.129. The average Bonchev–Trinajstić information content (AvgIpc) is 3.23. The zero-order chi connectivity index (χ0) is 21.7. The van der Waals surface area contributed by atoms with E-state index in [1.54, 1.807) is 18.2 Å². The molecule has 0 spiro atoms. The van der Waals surface area contributed by atoms with E-state index in [1.807, 2.05) is 0 Å². The predicted molar refractivity (Wildman–Crippen MR) is 104 cm³/mol. The number of rotatable bonds is 8. The summed E-state index contributed by atoms with van der Waals surface area (Å²) in [6.07, 6.45) is -0.248. The second-order valence-corrected chi connectivity index (χ2v) is 8.26. The van der Waals surface area contributed by atoms with Gasteiger partial charge in [0.05, 0.1) is 4.90 Å². The zero-order valence-electron chi connectivity index (χ0n) is 15.7. The van der Waals surface area contributed by atoms with Gasteiger partial charge in [-0.1, -0.05) is 11.2 Å². The van der Waals surface area contributed by atoms with Crippen LogP contribution in [0.3, 0.4) is 0 Å². The number of hydrogen-bond donors (Lipinski definition) is 4. The van der Waals surface area contributed by atoms with Crippen LogP contribution in [-0.4, -0.2) is 48.2 Å². The fourth-order valence-corrected chi connectivity index (χ4v) is 4.24. The Morgan fingerprint density at radius 3 is 2.53 bits per heavy atom. The summed E-state index contributed by atoms with van der Waals surface area (Å²) in [6, 6.07) is 10.5. The van der Waals surface area contributed by atoms with Gasteiger partial charge in [0.2, 0.25) is 22.7 Å². The van der Waals surface area contributed by atoms with Crippen LogP contribution in [0.25, 0.3) is 0 Å². The molecule has 1 aliphatic heterocycles. The van der Waals surface area contributed by atoms with E-state index < -0.39 is 15.9 Å². The van der Waals surface area contributed by atoms with Crippen molar-refractivity contribution in [2.75, 3.05) is 13.3 Å². The minimum Gasteiger partial charge on any atom is -0.454 e. The number of fused-ring (bicyclic) bond motifs is 1. The molecular formula is C18H20N4O7S. The van der Waals surface area contributed by atoms with Crippen molar-refractivity contribution in [3.8, 4) is 11.5 Å². The number of benzene rings is 2. The number of amides is 1. The van der Waals surface area contributed by atoms with Crippen LogP contribution in [0.4, 0.5) is 0 Å². The summed E-state index contributed by atoms with van der Waals surface area (Å²) >= 11 is 0. The molecule has 2 aromatic carbocycles. The van der Waals surface area contributed by atoms with Crippen LogP contribution in [0.15, 0.2) is 52.5 Å². The highest BCUT2D eigenvalue weighted by atomic mass is 32.2. The van der Waals surface area contributed by atoms with Gasteiger partial charge in [-0.3, -0.25) is 10.0 Å². The topological polar surface area (TPSA) is 164 Å². The van der Waals surface area contributed by atoms with Crippen molar-refractivity contribution in [3.05, 3.63) is 53.6 Å². The first kappa shape index (κ1) is 21.4. The molecule has 1 heterocycles. The lowest BCUT2D eigenvalue weighted by atomic mass is 10.2. The highest BCUT2D eigenvalue weighted by Crippen LogP contribution is 2.33. The molecule has 0 atom stereocenters. The smallest absolute Gasteiger partial charge is 0.244 e. The Balaban J connectivity index is 1.89. The Bertz CT molecular complexity index is 1050. The normalized spacial score (nSPS) is 13.5. The number of sulfonamides is 1. The summed E-state index contributed by atoms with van der Waals surface area (Å²) in [5, 5.41) is 20.3. The number of oxime groups is 1. The van der Waals surface area contributed by atoms with E-state index >= 15 is 0 Å². The first-order valence-electron chi connectivity index (χ1n) is 8.74. The van der Waals surface area contributed by atoms with Crippen LogP contribution in [-0.2, 0) is 21.4 Å². The number of hydroxylamine groups is 1. The SMILES string of the molecule is N/C(=N\O)c1ccc(S(=O)(=O)N(CCC(=O)NO)Cc2ccc3c(c2)OCO3)cc1. The van der Waals surface area contributed by atoms with E-state index in [0.717, 1.165) is 4.31 Å². The molecule has 11 nitrogen and oxygen atoms in total. The quantitative estimate of drug-likeness (QED) is 0.154. The van der Waals surface area contributed by atoms with Gasteiger partial charge in [0.1, 0.15) is 0 Å². The molecule has 0 aliphatic carbocycles. The van der Waals surface area contributed by atoms with Gasteiger partial charge in [-0.25, -0.2) is 13.9 Å². The summed E-state index contributed by atoms with van der Waals surface area (Å²) in [4.78, 5) is 11.4. The van der Waals surface area contributed by atoms with Crippen LogP contribution in [0, 0.1) is 0 Å². The van der Waals surface area contributed by atoms with Crippen molar-refractivity contribution >= 4 is 21.8 Å². The molecule has 0 fully saturated rings. The molecule has 1 amide bonds. The lowest BCUT2D eigenvalue weighted by Crippen LogP contribution is -2.34. The maximum absolute atomic E-state index is 13.2. The minimum absolute atomic E-state index is 0.0397. The molecule has 3 rings (SSSR count). The Morgan fingerprint density at radius 2 is 1.87 bits per heavy atom. The van der Waals surface area contributed by atoms with Crippen molar-refractivity contribution in [3.63, 3.8) is 0 Å². The number of nitrogens with two attached hydrogens (primary N) is 1. The first-order chi connectivity index (χ1) is 14.3. The number of ether oxygens (including phenoxy) is 2. The third kappa shape index (κ3) is 4.62. The lowest BCUT2D eigenvalue weighted by Gasteiger charge is -2.22. The first-order valence-corrected chi connectivity index (χ1v) is 10.2. The van der Waals surface area contributed by atoms with Gasteiger partial charge in [0.25, 0.3) is 0 Å². The highest BCUT2D eigenvalue weighted by Gasteiger charge is 2.26. The molecule has 0 saturated heterocycles. The van der Waals surface area contributed by atoms with Crippen LogP contribution in [0.2, 0.25) is 0 Å². The maximum Gasteiger partial charge on any atom is 0.244 e. The average molecular weight is 436 g/mol. The van der Waals surface area contributed by atoms with Gasteiger partial charge < -0.3 is 20.4 Å². The Kier molecular flexibility index (Phi) is 6.40. The van der Waals surface area contributed by atoms with Gasteiger partial charge in [0.15, 0.2) is 17.3 Å². The number of carbonyl (C=O) groups is 1. The Labute approximate surface area is 172 Å². The van der Waals surface area contributed by atoms with E-state index in [9.17, 15) is 13.2 Å². The van der Waals surface area contributed by atoms with Crippen LogP contribution in [0.1, 0.15) is 17.5 Å². The standard InChI is InChI=1S/C18H20N4O7S/c19-18(21-25)13-2-4-14(5-3-13)30(26,27)22(8-7-17(23)20-24)10-12-1-6-15-16(9-12)29-11-28-15/h1-6,9,24-25H,7-8,10-11H2,(H2,19,21)(H,20,23). The van der Waals surface area contributed by atoms with Crippen LogP contribution in [0.5, 0.6) is 11.5 Å². The Morgan fingerprint density at radius 1 is 1.17 bits per heavy atom. The molecule has 2 aromatic rings. The molecule has 0 radical (unpaired) electrons. The second kappa shape index (κ2) is 8.98. The second-order valence-electron chi connectivity index (χ2n) is 6.32. The third-order valence-corrected chi connectivity index (χ3v) is 6.26. The molecule has 0 bridgehead atoms. The molecule has 1 aliphatic rings. The van der Waals surface area contributed by atoms with Gasteiger partial charge in [-0.15, -0.1) is 0 Å². The molecule has 0 aromatic heterocycles. The molecule has 12 heteroatoms. The number of amidine groups is 1. The van der Waals surface area contributed by atoms with Gasteiger partial charge in [-0.05, 0) is 42.0 Å². The summed E-state index contributed by atoms with van der Waals surface area (Å²) < 4.78 is 38.1. The van der Waals surface area contributed by atoms with E-state index in [-0.39, 0.29) is 37.0 Å². The third-order valence-electron chi connectivity index (χ3n) is 4.40. The van der Waals surface area contributed by atoms with Crippen molar-refractivity contribution in [1.82, 2.24) is 9.79 Å². The number of nitrogens with zero attached hydrogens (tertiary/aromatic N) is 2. The fourth-order valence-electron chi connectivity index (χ4n) is 2.81. The van der Waals surface area contributed by atoms with E-state index in [0.29, 0.717) is 22.6 Å². The van der Waals surface area contributed by atoms with Crippen LogP contribution < -0.4 is 20.7 Å². The van der Waals surface area contributed by atoms with Crippen molar-refractivity contribution in [1.29, 1.82) is 0 Å². The summed E-state index contributed by atoms with van der Waals surface area (Å²) in [6.45, 7) is -0.130. The molecule has 5 N–H and O–H groups in total. The Hall–Kier alpha value is -3.35. The summed E-state index contributed by atoms with van der Waals surface area (Å²) in [5.41, 5.74) is 7.97. The van der Waals surface area contributed by atoms with E-state index in [4.69, 9.17) is 25.6 Å². The zero-order valence-corrected chi connectivity index (χ0v) is 16.5. The number of hydrogen-bond acceptors (Lipinski definition) is 8. The monoisotopic (exact) mass is 436 g/mol.